The van der Waals surface area contributed by atoms with Crippen molar-refractivity contribution in [1.82, 2.24) is 19.7 Å². The van der Waals surface area contributed by atoms with Gasteiger partial charge < -0.3 is 14.7 Å². The van der Waals surface area contributed by atoms with Gasteiger partial charge in [-0.1, -0.05) is 37.3 Å². The summed E-state index contributed by atoms with van der Waals surface area (Å²) in [5, 5.41) is 0. The van der Waals surface area contributed by atoms with Gasteiger partial charge in [-0.05, 0) is 29.2 Å². The van der Waals surface area contributed by atoms with Gasteiger partial charge in [0.05, 0.1) is 5.92 Å². The molecule has 7 heteroatoms. The number of hydrogen-bond acceptors (Lipinski definition) is 4. The topological polar surface area (TPSA) is 73.8 Å². The van der Waals surface area contributed by atoms with Crippen LogP contribution in [0.1, 0.15) is 25.3 Å². The summed E-state index contributed by atoms with van der Waals surface area (Å²) in [6, 6.07) is 11.5. The van der Waals surface area contributed by atoms with Crippen LogP contribution in [0.15, 0.2) is 48.8 Å². The maximum atomic E-state index is 13.3. The number of aromatic nitrogens is 1. The number of nitrogens with zero attached hydrogens (tertiary/aromatic N) is 4. The van der Waals surface area contributed by atoms with E-state index in [0.717, 1.165) is 23.1 Å². The summed E-state index contributed by atoms with van der Waals surface area (Å²) < 4.78 is 0. The van der Waals surface area contributed by atoms with Crippen molar-refractivity contribution in [1.29, 1.82) is 0 Å². The zero-order valence-electron chi connectivity index (χ0n) is 18.7. The van der Waals surface area contributed by atoms with Crippen molar-refractivity contribution in [2.75, 3.05) is 33.2 Å². The van der Waals surface area contributed by atoms with Crippen molar-refractivity contribution in [2.45, 2.75) is 32.2 Å². The highest BCUT2D eigenvalue weighted by molar-refractivity contribution is 5.93. The molecule has 0 N–H and O–H groups in total. The molecule has 2 atom stereocenters. The SMILES string of the molecule is CCCN1CCN(C(=O)[C@H]2CC(=O)N(C)C2)[C@H](Cc2ccc(-c3cccnc3)cc2)C1=O. The number of carbonyl (C=O) groups excluding carboxylic acids is 3. The summed E-state index contributed by atoms with van der Waals surface area (Å²) in [4.78, 5) is 48.0. The Morgan fingerprint density at radius 3 is 2.50 bits per heavy atom. The van der Waals surface area contributed by atoms with E-state index in [0.29, 0.717) is 32.6 Å². The maximum absolute atomic E-state index is 13.3. The van der Waals surface area contributed by atoms with E-state index in [4.69, 9.17) is 0 Å². The van der Waals surface area contributed by atoms with Crippen LogP contribution in [0.3, 0.4) is 0 Å². The Hall–Kier alpha value is -3.22. The van der Waals surface area contributed by atoms with Crippen LogP contribution in [0.25, 0.3) is 11.1 Å². The molecule has 2 aromatic rings. The van der Waals surface area contributed by atoms with Gasteiger partial charge in [0.25, 0.3) is 0 Å². The third kappa shape index (κ3) is 4.52. The minimum absolute atomic E-state index is 0.000430. The molecule has 2 aliphatic rings. The van der Waals surface area contributed by atoms with Crippen molar-refractivity contribution in [3.63, 3.8) is 0 Å². The van der Waals surface area contributed by atoms with E-state index >= 15 is 0 Å². The number of carbonyl (C=O) groups is 3. The summed E-state index contributed by atoms with van der Waals surface area (Å²) in [6.07, 6.45) is 5.15. The molecule has 0 spiro atoms. The number of likely N-dealkylation sites (tertiary alicyclic amines) is 1. The van der Waals surface area contributed by atoms with E-state index in [-0.39, 0.29) is 30.1 Å². The first-order valence-electron chi connectivity index (χ1n) is 11.3. The van der Waals surface area contributed by atoms with Gasteiger partial charge >= 0.3 is 0 Å². The molecule has 2 aliphatic heterocycles. The minimum atomic E-state index is -0.534. The third-order valence-electron chi connectivity index (χ3n) is 6.43. The lowest BCUT2D eigenvalue weighted by Gasteiger charge is -2.41. The molecule has 7 nitrogen and oxygen atoms in total. The molecule has 3 amide bonds. The lowest BCUT2D eigenvalue weighted by Crippen LogP contribution is -2.60. The summed E-state index contributed by atoms with van der Waals surface area (Å²) in [5.74, 6) is -0.458. The van der Waals surface area contributed by atoms with Crippen molar-refractivity contribution in [3.05, 3.63) is 54.4 Å². The van der Waals surface area contributed by atoms with Crippen LogP contribution in [-0.4, -0.2) is 76.7 Å². The Morgan fingerprint density at radius 2 is 1.88 bits per heavy atom. The molecular weight excluding hydrogens is 404 g/mol. The molecule has 1 aromatic heterocycles. The first-order valence-corrected chi connectivity index (χ1v) is 11.3. The first kappa shape index (κ1) is 22.0. The van der Waals surface area contributed by atoms with Crippen molar-refractivity contribution in [3.8, 4) is 11.1 Å². The van der Waals surface area contributed by atoms with E-state index in [9.17, 15) is 14.4 Å². The highest BCUT2D eigenvalue weighted by Crippen LogP contribution is 2.25. The fraction of sp³-hybridized carbons (Fsp3) is 0.440. The van der Waals surface area contributed by atoms with Gasteiger partial charge in [0.15, 0.2) is 0 Å². The van der Waals surface area contributed by atoms with Crippen LogP contribution in [0.5, 0.6) is 0 Å². The maximum Gasteiger partial charge on any atom is 0.245 e. The van der Waals surface area contributed by atoms with Crippen LogP contribution < -0.4 is 0 Å². The Kier molecular flexibility index (Phi) is 6.53. The zero-order valence-corrected chi connectivity index (χ0v) is 18.7. The molecule has 2 fully saturated rings. The zero-order chi connectivity index (χ0) is 22.7. The van der Waals surface area contributed by atoms with Crippen molar-refractivity contribution >= 4 is 17.7 Å². The molecule has 0 unspecified atom stereocenters. The van der Waals surface area contributed by atoms with Gasteiger partial charge in [-0.15, -0.1) is 0 Å². The van der Waals surface area contributed by atoms with Crippen LogP contribution >= 0.6 is 0 Å². The lowest BCUT2D eigenvalue weighted by molar-refractivity contribution is -0.153. The third-order valence-corrected chi connectivity index (χ3v) is 6.43. The van der Waals surface area contributed by atoms with Crippen LogP contribution in [0.4, 0.5) is 0 Å². The first-order chi connectivity index (χ1) is 15.5. The van der Waals surface area contributed by atoms with Gasteiger partial charge in [0, 0.05) is 58.5 Å². The largest absolute Gasteiger partial charge is 0.345 e. The van der Waals surface area contributed by atoms with Gasteiger partial charge in [0.1, 0.15) is 6.04 Å². The average Bonchev–Trinajstić information content (AvgIpc) is 3.15. The highest BCUT2D eigenvalue weighted by atomic mass is 16.2. The monoisotopic (exact) mass is 434 g/mol. The Labute approximate surface area is 189 Å². The van der Waals surface area contributed by atoms with E-state index in [1.54, 1.807) is 23.0 Å². The summed E-state index contributed by atoms with van der Waals surface area (Å²) in [5.41, 5.74) is 3.10. The number of benzene rings is 1. The quantitative estimate of drug-likeness (QED) is 0.699. The van der Waals surface area contributed by atoms with Crippen molar-refractivity contribution < 1.29 is 14.4 Å². The lowest BCUT2D eigenvalue weighted by atomic mass is 9.96. The predicted octanol–water partition coefficient (Wildman–Crippen LogP) is 2.22. The Bertz CT molecular complexity index is 976. The molecular formula is C25H30N4O3. The number of hydrogen-bond donors (Lipinski definition) is 0. The molecule has 168 valence electrons. The molecule has 0 bridgehead atoms. The van der Waals surface area contributed by atoms with Gasteiger partial charge in [-0.25, -0.2) is 0 Å². The fourth-order valence-corrected chi connectivity index (χ4v) is 4.65. The van der Waals surface area contributed by atoms with E-state index < -0.39 is 6.04 Å². The van der Waals surface area contributed by atoms with Gasteiger partial charge in [-0.2, -0.15) is 0 Å². The summed E-state index contributed by atoms with van der Waals surface area (Å²) in [7, 11) is 1.72. The predicted molar refractivity (Wildman–Crippen MR) is 121 cm³/mol. The number of pyridine rings is 1. The molecule has 1 aromatic carbocycles. The normalized spacial score (nSPS) is 21.4. The Balaban J connectivity index is 1.54. The average molecular weight is 435 g/mol. The summed E-state index contributed by atoms with van der Waals surface area (Å²) >= 11 is 0. The Morgan fingerprint density at radius 1 is 1.09 bits per heavy atom. The number of piperazine rings is 1. The second kappa shape index (κ2) is 9.51. The van der Waals surface area contributed by atoms with E-state index in [2.05, 4.69) is 11.9 Å². The number of rotatable bonds is 6. The standard InChI is InChI=1S/C25H30N4O3/c1-3-11-28-12-13-29(24(31)21-15-23(30)27(2)17-21)22(25(28)32)14-18-6-8-19(9-7-18)20-5-4-10-26-16-20/h4-10,16,21-22H,3,11-15,17H2,1-2H3/t21-,22+/m0/s1. The summed E-state index contributed by atoms with van der Waals surface area (Å²) in [6.45, 7) is 4.23. The number of amides is 3. The minimum Gasteiger partial charge on any atom is -0.345 e. The van der Waals surface area contributed by atoms with Gasteiger partial charge in [0.2, 0.25) is 17.7 Å². The van der Waals surface area contributed by atoms with E-state index in [1.807, 2.05) is 47.5 Å². The highest BCUT2D eigenvalue weighted by Gasteiger charge is 2.42. The second-order valence-corrected chi connectivity index (χ2v) is 8.69. The molecule has 4 rings (SSSR count). The molecule has 0 aliphatic carbocycles. The van der Waals surface area contributed by atoms with Crippen molar-refractivity contribution in [2.24, 2.45) is 5.92 Å². The molecule has 32 heavy (non-hydrogen) atoms. The van der Waals surface area contributed by atoms with Crippen LogP contribution in [-0.2, 0) is 20.8 Å². The molecule has 3 heterocycles. The smallest absolute Gasteiger partial charge is 0.245 e. The van der Waals surface area contributed by atoms with Crippen LogP contribution in [0, 0.1) is 5.92 Å². The molecule has 0 radical (unpaired) electrons. The fourth-order valence-electron chi connectivity index (χ4n) is 4.65. The van der Waals surface area contributed by atoms with E-state index in [1.165, 1.54) is 0 Å². The van der Waals surface area contributed by atoms with Gasteiger partial charge in [-0.3, -0.25) is 19.4 Å². The molecule has 2 saturated heterocycles. The molecule has 0 saturated carbocycles. The van der Waals surface area contributed by atoms with Crippen LogP contribution in [0.2, 0.25) is 0 Å². The second-order valence-electron chi connectivity index (χ2n) is 8.69.